The average molecular weight is 268 g/mol. The summed E-state index contributed by atoms with van der Waals surface area (Å²) in [6.07, 6.45) is 4.79. The van der Waals surface area contributed by atoms with Crippen molar-refractivity contribution in [3.05, 3.63) is 42.2 Å². The van der Waals surface area contributed by atoms with Crippen molar-refractivity contribution in [2.75, 3.05) is 31.1 Å². The molecule has 2 aromatic rings. The van der Waals surface area contributed by atoms with Crippen molar-refractivity contribution in [3.63, 3.8) is 0 Å². The average Bonchev–Trinajstić information content (AvgIpc) is 2.56. The molecule has 1 N–H and O–H groups in total. The number of rotatable bonds is 3. The van der Waals surface area contributed by atoms with E-state index < -0.39 is 0 Å². The predicted octanol–water partition coefficient (Wildman–Crippen LogP) is 2.12. The molecule has 0 atom stereocenters. The molecule has 0 aliphatic carbocycles. The van der Waals surface area contributed by atoms with Crippen LogP contribution in [0.25, 0.3) is 11.4 Å². The summed E-state index contributed by atoms with van der Waals surface area (Å²) in [5.41, 5.74) is 3.53. The lowest BCUT2D eigenvalue weighted by Crippen LogP contribution is -2.43. The fraction of sp³-hybridized carbons (Fsp3) is 0.375. The zero-order valence-electron chi connectivity index (χ0n) is 11.8. The molecule has 1 fully saturated rings. The van der Waals surface area contributed by atoms with Gasteiger partial charge in [-0.15, -0.1) is 0 Å². The van der Waals surface area contributed by atoms with Crippen LogP contribution in [0.2, 0.25) is 0 Å². The third-order valence-electron chi connectivity index (χ3n) is 3.72. The molecule has 1 aliphatic rings. The molecule has 0 amide bonds. The first kappa shape index (κ1) is 13.1. The maximum absolute atomic E-state index is 4.43. The number of nitrogens with one attached hydrogen (secondary N) is 1. The number of aromatic nitrogens is 2. The molecule has 3 rings (SSSR count). The lowest BCUT2D eigenvalue weighted by Gasteiger charge is -2.29. The van der Waals surface area contributed by atoms with E-state index >= 15 is 0 Å². The summed E-state index contributed by atoms with van der Waals surface area (Å²) in [4.78, 5) is 11.3. The number of piperazine rings is 1. The van der Waals surface area contributed by atoms with Gasteiger partial charge < -0.3 is 10.2 Å². The maximum Gasteiger partial charge on any atom is 0.159 e. The molecule has 4 heteroatoms. The lowest BCUT2D eigenvalue weighted by molar-refractivity contribution is 0.589. The van der Waals surface area contributed by atoms with E-state index in [9.17, 15) is 0 Å². The van der Waals surface area contributed by atoms with Crippen molar-refractivity contribution in [1.29, 1.82) is 0 Å². The summed E-state index contributed by atoms with van der Waals surface area (Å²) < 4.78 is 0. The number of nitrogens with zero attached hydrogens (tertiary/aromatic N) is 3. The van der Waals surface area contributed by atoms with Crippen LogP contribution in [0.15, 0.2) is 36.7 Å². The van der Waals surface area contributed by atoms with Crippen molar-refractivity contribution < 1.29 is 0 Å². The van der Waals surface area contributed by atoms with Crippen molar-refractivity contribution in [1.82, 2.24) is 15.3 Å². The highest BCUT2D eigenvalue weighted by molar-refractivity contribution is 5.60. The van der Waals surface area contributed by atoms with Gasteiger partial charge in [0.1, 0.15) is 0 Å². The quantitative estimate of drug-likeness (QED) is 0.925. The Kier molecular flexibility index (Phi) is 3.92. The Morgan fingerprint density at radius 3 is 2.30 bits per heavy atom. The molecule has 0 spiro atoms. The van der Waals surface area contributed by atoms with E-state index in [1.54, 1.807) is 0 Å². The second kappa shape index (κ2) is 6.01. The van der Waals surface area contributed by atoms with Crippen molar-refractivity contribution in [3.8, 4) is 11.4 Å². The summed E-state index contributed by atoms with van der Waals surface area (Å²) in [6, 6.07) is 8.55. The monoisotopic (exact) mass is 268 g/mol. The number of anilines is 1. The van der Waals surface area contributed by atoms with Gasteiger partial charge in [0.15, 0.2) is 5.82 Å². The van der Waals surface area contributed by atoms with Crippen molar-refractivity contribution >= 4 is 5.69 Å². The lowest BCUT2D eigenvalue weighted by atomic mass is 10.1. The predicted molar refractivity (Wildman–Crippen MR) is 81.9 cm³/mol. The summed E-state index contributed by atoms with van der Waals surface area (Å²) in [7, 11) is 0. The van der Waals surface area contributed by atoms with Crippen LogP contribution in [0.1, 0.15) is 12.5 Å². The van der Waals surface area contributed by atoms with Crippen LogP contribution in [-0.2, 0) is 6.42 Å². The minimum Gasteiger partial charge on any atom is -0.369 e. The highest BCUT2D eigenvalue weighted by Gasteiger charge is 2.10. The highest BCUT2D eigenvalue weighted by Crippen LogP contribution is 2.20. The zero-order valence-corrected chi connectivity index (χ0v) is 11.8. The van der Waals surface area contributed by atoms with Gasteiger partial charge in [-0.05, 0) is 36.2 Å². The van der Waals surface area contributed by atoms with Crippen LogP contribution >= 0.6 is 0 Å². The molecule has 1 aliphatic heterocycles. The van der Waals surface area contributed by atoms with Crippen LogP contribution < -0.4 is 10.2 Å². The zero-order chi connectivity index (χ0) is 13.8. The molecule has 0 bridgehead atoms. The Hall–Kier alpha value is -1.94. The SMILES string of the molecule is CCc1cnc(-c2ccc(N3CCNCC3)cc2)nc1. The number of aryl methyl sites for hydroxylation is 1. The van der Waals surface area contributed by atoms with E-state index in [1.165, 1.54) is 11.3 Å². The smallest absolute Gasteiger partial charge is 0.159 e. The van der Waals surface area contributed by atoms with Crippen molar-refractivity contribution in [2.24, 2.45) is 0 Å². The Morgan fingerprint density at radius 1 is 1.05 bits per heavy atom. The van der Waals surface area contributed by atoms with Crippen molar-refractivity contribution in [2.45, 2.75) is 13.3 Å². The van der Waals surface area contributed by atoms with E-state index in [1.807, 2.05) is 12.4 Å². The van der Waals surface area contributed by atoms with Crippen LogP contribution in [-0.4, -0.2) is 36.1 Å². The molecule has 0 radical (unpaired) electrons. The molecular weight excluding hydrogens is 248 g/mol. The largest absolute Gasteiger partial charge is 0.369 e. The van der Waals surface area contributed by atoms with Crippen LogP contribution in [0.5, 0.6) is 0 Å². The third kappa shape index (κ3) is 2.80. The standard InChI is InChI=1S/C16H20N4/c1-2-13-11-18-16(19-12-13)14-3-5-15(6-4-14)20-9-7-17-8-10-20/h3-6,11-12,17H,2,7-10H2,1H3. The van der Waals surface area contributed by atoms with Gasteiger partial charge in [-0.3, -0.25) is 0 Å². The van der Waals surface area contributed by atoms with Gasteiger partial charge in [-0.25, -0.2) is 9.97 Å². The first-order valence-corrected chi connectivity index (χ1v) is 7.24. The highest BCUT2D eigenvalue weighted by atomic mass is 15.2. The van der Waals surface area contributed by atoms with Gasteiger partial charge in [-0.2, -0.15) is 0 Å². The number of hydrogen-bond donors (Lipinski definition) is 1. The fourth-order valence-electron chi connectivity index (χ4n) is 2.43. The summed E-state index contributed by atoms with van der Waals surface area (Å²) in [5, 5.41) is 3.37. The normalized spacial score (nSPS) is 15.3. The summed E-state index contributed by atoms with van der Waals surface area (Å²) >= 11 is 0. The summed E-state index contributed by atoms with van der Waals surface area (Å²) in [5.74, 6) is 0.800. The second-order valence-corrected chi connectivity index (χ2v) is 5.05. The van der Waals surface area contributed by atoms with Gasteiger partial charge in [0.2, 0.25) is 0 Å². The molecule has 104 valence electrons. The van der Waals surface area contributed by atoms with E-state index in [-0.39, 0.29) is 0 Å². The molecule has 0 unspecified atom stereocenters. The van der Waals surface area contributed by atoms with Gasteiger partial charge in [0, 0.05) is 49.8 Å². The minimum absolute atomic E-state index is 0.800. The Bertz CT molecular complexity index is 542. The van der Waals surface area contributed by atoms with E-state index in [0.717, 1.165) is 44.0 Å². The van der Waals surface area contributed by atoms with Crippen LogP contribution in [0, 0.1) is 0 Å². The van der Waals surface area contributed by atoms with Gasteiger partial charge >= 0.3 is 0 Å². The molecular formula is C16H20N4. The first-order chi connectivity index (χ1) is 9.86. The fourth-order valence-corrected chi connectivity index (χ4v) is 2.43. The third-order valence-corrected chi connectivity index (χ3v) is 3.72. The molecule has 20 heavy (non-hydrogen) atoms. The molecule has 1 aromatic heterocycles. The molecule has 1 aromatic carbocycles. The number of hydrogen-bond acceptors (Lipinski definition) is 4. The molecule has 4 nitrogen and oxygen atoms in total. The van der Waals surface area contributed by atoms with E-state index in [2.05, 4.69) is 51.4 Å². The number of benzene rings is 1. The molecule has 0 saturated carbocycles. The van der Waals surface area contributed by atoms with Crippen LogP contribution in [0.3, 0.4) is 0 Å². The molecule has 1 saturated heterocycles. The maximum atomic E-state index is 4.43. The van der Waals surface area contributed by atoms with Crippen LogP contribution in [0.4, 0.5) is 5.69 Å². The Labute approximate surface area is 119 Å². The topological polar surface area (TPSA) is 41.1 Å². The van der Waals surface area contributed by atoms with Gasteiger partial charge in [0.05, 0.1) is 0 Å². The Morgan fingerprint density at radius 2 is 1.70 bits per heavy atom. The summed E-state index contributed by atoms with van der Waals surface area (Å²) in [6.45, 7) is 6.37. The van der Waals surface area contributed by atoms with E-state index in [4.69, 9.17) is 0 Å². The first-order valence-electron chi connectivity index (χ1n) is 7.24. The second-order valence-electron chi connectivity index (χ2n) is 5.05. The molecule has 2 heterocycles. The van der Waals surface area contributed by atoms with E-state index in [0.29, 0.717) is 0 Å². The van der Waals surface area contributed by atoms with Gasteiger partial charge in [0.25, 0.3) is 0 Å². The minimum atomic E-state index is 0.800. The Balaban J connectivity index is 1.77. The van der Waals surface area contributed by atoms with Gasteiger partial charge in [-0.1, -0.05) is 6.92 Å².